The number of likely N-dealkylation sites (tertiary alicyclic amines) is 1. The first-order valence-electron chi connectivity index (χ1n) is 7.45. The number of benzene rings is 1. The van der Waals surface area contributed by atoms with E-state index in [0.717, 1.165) is 25.8 Å². The summed E-state index contributed by atoms with van der Waals surface area (Å²) in [5.74, 6) is 0.119. The van der Waals surface area contributed by atoms with Gasteiger partial charge in [0.05, 0.1) is 0 Å². The van der Waals surface area contributed by atoms with E-state index < -0.39 is 6.10 Å². The van der Waals surface area contributed by atoms with Crippen LogP contribution >= 0.6 is 0 Å². The molecule has 0 radical (unpaired) electrons. The zero-order chi connectivity index (χ0) is 15.2. The van der Waals surface area contributed by atoms with Gasteiger partial charge in [-0.25, -0.2) is 4.39 Å². The molecule has 0 saturated carbocycles. The SMILES string of the molecule is CC(Oc1ccc(F)cc1)C(=O)N1CCCC1CCCO. The van der Waals surface area contributed by atoms with Crippen molar-refractivity contribution in [2.45, 2.75) is 44.8 Å². The second kappa shape index (κ2) is 7.41. The average molecular weight is 295 g/mol. The minimum Gasteiger partial charge on any atom is -0.481 e. The Balaban J connectivity index is 1.93. The molecule has 1 heterocycles. The van der Waals surface area contributed by atoms with Crippen LogP contribution in [0.1, 0.15) is 32.6 Å². The third kappa shape index (κ3) is 4.17. The van der Waals surface area contributed by atoms with Gasteiger partial charge in [0.15, 0.2) is 6.10 Å². The first kappa shape index (κ1) is 15.8. The van der Waals surface area contributed by atoms with Gasteiger partial charge < -0.3 is 14.7 Å². The molecule has 1 aromatic rings. The van der Waals surface area contributed by atoms with Gasteiger partial charge in [-0.05, 0) is 56.9 Å². The van der Waals surface area contributed by atoms with E-state index in [1.54, 1.807) is 6.92 Å². The van der Waals surface area contributed by atoms with Crippen LogP contribution in [0.15, 0.2) is 24.3 Å². The molecule has 2 unspecified atom stereocenters. The highest BCUT2D eigenvalue weighted by molar-refractivity contribution is 5.81. The highest BCUT2D eigenvalue weighted by atomic mass is 19.1. The summed E-state index contributed by atoms with van der Waals surface area (Å²) in [4.78, 5) is 14.3. The van der Waals surface area contributed by atoms with Gasteiger partial charge in [0.1, 0.15) is 11.6 Å². The highest BCUT2D eigenvalue weighted by Gasteiger charge is 2.31. The molecule has 1 fully saturated rings. The van der Waals surface area contributed by atoms with Crippen LogP contribution in [0.5, 0.6) is 5.75 Å². The van der Waals surface area contributed by atoms with Gasteiger partial charge >= 0.3 is 0 Å². The average Bonchev–Trinajstić information content (AvgIpc) is 2.95. The molecule has 2 rings (SSSR count). The smallest absolute Gasteiger partial charge is 0.263 e. The number of halogens is 1. The van der Waals surface area contributed by atoms with Gasteiger partial charge in [0, 0.05) is 19.2 Å². The number of hydrogen-bond acceptors (Lipinski definition) is 3. The van der Waals surface area contributed by atoms with Crippen LogP contribution in [-0.2, 0) is 4.79 Å². The second-order valence-electron chi connectivity index (χ2n) is 5.41. The van der Waals surface area contributed by atoms with Crippen LogP contribution in [0, 0.1) is 5.82 Å². The fourth-order valence-corrected chi connectivity index (χ4v) is 2.75. The quantitative estimate of drug-likeness (QED) is 0.876. The molecule has 4 nitrogen and oxygen atoms in total. The Bertz CT molecular complexity index is 463. The topological polar surface area (TPSA) is 49.8 Å². The van der Waals surface area contributed by atoms with E-state index in [1.165, 1.54) is 24.3 Å². The number of aliphatic hydroxyl groups excluding tert-OH is 1. The number of carbonyl (C=O) groups is 1. The summed E-state index contributed by atoms with van der Waals surface area (Å²) in [6.45, 7) is 2.61. The van der Waals surface area contributed by atoms with Crippen molar-refractivity contribution >= 4 is 5.91 Å². The molecule has 2 atom stereocenters. The molecule has 1 amide bonds. The zero-order valence-electron chi connectivity index (χ0n) is 12.3. The predicted octanol–water partition coefficient (Wildman–Crippen LogP) is 2.36. The van der Waals surface area contributed by atoms with Gasteiger partial charge in [-0.3, -0.25) is 4.79 Å². The molecule has 1 N–H and O–H groups in total. The molecule has 0 bridgehead atoms. The molecular weight excluding hydrogens is 273 g/mol. The largest absolute Gasteiger partial charge is 0.481 e. The minimum absolute atomic E-state index is 0.0419. The lowest BCUT2D eigenvalue weighted by Gasteiger charge is -2.27. The Morgan fingerprint density at radius 3 is 2.86 bits per heavy atom. The molecule has 5 heteroatoms. The summed E-state index contributed by atoms with van der Waals surface area (Å²) in [6, 6.07) is 5.86. The van der Waals surface area contributed by atoms with Crippen molar-refractivity contribution in [3.8, 4) is 5.75 Å². The molecule has 1 saturated heterocycles. The van der Waals surface area contributed by atoms with E-state index >= 15 is 0 Å². The Morgan fingerprint density at radius 1 is 1.48 bits per heavy atom. The van der Waals surface area contributed by atoms with Crippen molar-refractivity contribution in [2.24, 2.45) is 0 Å². The van der Waals surface area contributed by atoms with E-state index in [9.17, 15) is 9.18 Å². The van der Waals surface area contributed by atoms with Gasteiger partial charge in [-0.15, -0.1) is 0 Å². The van der Waals surface area contributed by atoms with Crippen LogP contribution in [0.3, 0.4) is 0 Å². The van der Waals surface area contributed by atoms with Crippen molar-refractivity contribution in [3.05, 3.63) is 30.1 Å². The standard InChI is InChI=1S/C16H22FNO3/c1-12(21-15-8-6-13(17)7-9-15)16(20)18-10-2-4-14(18)5-3-11-19/h6-9,12,14,19H,2-5,10-11H2,1H3. The van der Waals surface area contributed by atoms with E-state index in [2.05, 4.69) is 0 Å². The Hall–Kier alpha value is -1.62. The molecule has 0 aliphatic carbocycles. The molecule has 1 aliphatic heterocycles. The number of nitrogens with zero attached hydrogens (tertiary/aromatic N) is 1. The molecule has 1 aliphatic rings. The molecule has 0 aromatic heterocycles. The Kier molecular flexibility index (Phi) is 5.56. The summed E-state index contributed by atoms with van der Waals surface area (Å²) < 4.78 is 18.4. The van der Waals surface area contributed by atoms with Crippen LogP contribution in [0.2, 0.25) is 0 Å². The molecule has 1 aromatic carbocycles. The maximum atomic E-state index is 12.8. The fraction of sp³-hybridized carbons (Fsp3) is 0.562. The highest BCUT2D eigenvalue weighted by Crippen LogP contribution is 2.23. The summed E-state index contributed by atoms with van der Waals surface area (Å²) in [7, 11) is 0. The second-order valence-corrected chi connectivity index (χ2v) is 5.41. The summed E-state index contributed by atoms with van der Waals surface area (Å²) in [5, 5.41) is 8.92. The first-order valence-corrected chi connectivity index (χ1v) is 7.45. The van der Waals surface area contributed by atoms with Crippen LogP contribution in [-0.4, -0.2) is 41.2 Å². The lowest BCUT2D eigenvalue weighted by Crippen LogP contribution is -2.43. The van der Waals surface area contributed by atoms with Crippen molar-refractivity contribution in [1.29, 1.82) is 0 Å². The van der Waals surface area contributed by atoms with Crippen LogP contribution in [0.25, 0.3) is 0 Å². The lowest BCUT2D eigenvalue weighted by molar-refractivity contribution is -0.138. The summed E-state index contributed by atoms with van der Waals surface area (Å²) in [6.07, 6.45) is 2.91. The number of amides is 1. The number of carbonyl (C=O) groups excluding carboxylic acids is 1. The minimum atomic E-state index is -0.592. The van der Waals surface area contributed by atoms with Gasteiger partial charge in [0.2, 0.25) is 0 Å². The lowest BCUT2D eigenvalue weighted by atomic mass is 10.1. The number of rotatable bonds is 6. The molecular formula is C16H22FNO3. The fourth-order valence-electron chi connectivity index (χ4n) is 2.75. The van der Waals surface area contributed by atoms with Crippen molar-refractivity contribution < 1.29 is 19.0 Å². The maximum Gasteiger partial charge on any atom is 0.263 e. The van der Waals surface area contributed by atoms with Crippen molar-refractivity contribution in [1.82, 2.24) is 4.90 Å². The predicted molar refractivity (Wildman–Crippen MR) is 77.5 cm³/mol. The molecule has 21 heavy (non-hydrogen) atoms. The van der Waals surface area contributed by atoms with Crippen molar-refractivity contribution in [2.75, 3.05) is 13.2 Å². The van der Waals surface area contributed by atoms with Crippen LogP contribution < -0.4 is 4.74 Å². The van der Waals surface area contributed by atoms with E-state index in [4.69, 9.17) is 9.84 Å². The van der Waals surface area contributed by atoms with Gasteiger partial charge in [-0.2, -0.15) is 0 Å². The summed E-state index contributed by atoms with van der Waals surface area (Å²) >= 11 is 0. The first-order chi connectivity index (χ1) is 10.1. The maximum absolute atomic E-state index is 12.8. The monoisotopic (exact) mass is 295 g/mol. The third-order valence-electron chi connectivity index (χ3n) is 3.83. The van der Waals surface area contributed by atoms with Crippen molar-refractivity contribution in [3.63, 3.8) is 0 Å². The number of ether oxygens (including phenoxy) is 1. The normalized spacial score (nSPS) is 19.6. The van der Waals surface area contributed by atoms with Gasteiger partial charge in [-0.1, -0.05) is 0 Å². The third-order valence-corrected chi connectivity index (χ3v) is 3.83. The number of aliphatic hydroxyl groups is 1. The Morgan fingerprint density at radius 2 is 2.19 bits per heavy atom. The van der Waals surface area contributed by atoms with E-state index in [1.807, 2.05) is 4.90 Å². The summed E-state index contributed by atoms with van der Waals surface area (Å²) in [5.41, 5.74) is 0. The molecule has 0 spiro atoms. The zero-order valence-corrected chi connectivity index (χ0v) is 12.3. The van der Waals surface area contributed by atoms with E-state index in [-0.39, 0.29) is 24.4 Å². The van der Waals surface area contributed by atoms with Crippen LogP contribution in [0.4, 0.5) is 4.39 Å². The Labute approximate surface area is 124 Å². The molecule has 116 valence electrons. The number of hydrogen-bond donors (Lipinski definition) is 1. The van der Waals surface area contributed by atoms with E-state index in [0.29, 0.717) is 12.2 Å². The van der Waals surface area contributed by atoms with Gasteiger partial charge in [0.25, 0.3) is 5.91 Å².